The first-order valence-corrected chi connectivity index (χ1v) is 4.86. The van der Waals surface area contributed by atoms with Crippen molar-refractivity contribution in [3.63, 3.8) is 0 Å². The van der Waals surface area contributed by atoms with Gasteiger partial charge in [0.1, 0.15) is 0 Å². The van der Waals surface area contributed by atoms with Crippen LogP contribution in [-0.4, -0.2) is 14.4 Å². The summed E-state index contributed by atoms with van der Waals surface area (Å²) < 4.78 is 5.61. The zero-order valence-electron chi connectivity index (χ0n) is 4.57. The van der Waals surface area contributed by atoms with Gasteiger partial charge in [-0.05, 0) is 0 Å². The van der Waals surface area contributed by atoms with Crippen LogP contribution in [0, 0.1) is 0 Å². The van der Waals surface area contributed by atoms with Gasteiger partial charge in [0.05, 0.1) is 0 Å². The van der Waals surface area contributed by atoms with Gasteiger partial charge >= 0.3 is 14.4 Å². The van der Waals surface area contributed by atoms with Gasteiger partial charge < -0.3 is 4.72 Å². The van der Waals surface area contributed by atoms with Gasteiger partial charge in [-0.2, -0.15) is 0 Å². The molecular weight excluding hydrogens is 89.0 g/mol. The molecule has 1 nitrogen and oxygen atoms in total. The molecule has 2 heteroatoms. The van der Waals surface area contributed by atoms with Crippen LogP contribution in [0.5, 0.6) is 0 Å². The van der Waals surface area contributed by atoms with Gasteiger partial charge in [0.15, 0.2) is 0 Å². The first kappa shape index (κ1) is 6.49. The van der Waals surface area contributed by atoms with E-state index in [1.54, 1.807) is 0 Å². The van der Waals surface area contributed by atoms with E-state index in [2.05, 4.69) is 13.8 Å². The Morgan fingerprint density at radius 1 is 1.33 bits per heavy atom. The van der Waals surface area contributed by atoms with Crippen molar-refractivity contribution in [3.05, 3.63) is 0 Å². The SMILES string of the molecule is C[CH2][Al]([NH2])[CH2]C. The molecule has 0 aliphatic heterocycles. The van der Waals surface area contributed by atoms with Crippen LogP contribution < -0.4 is 4.72 Å². The predicted molar refractivity (Wildman–Crippen MR) is 30.9 cm³/mol. The van der Waals surface area contributed by atoms with Crippen LogP contribution in [0.3, 0.4) is 0 Å². The topological polar surface area (TPSA) is 26.0 Å². The Kier molecular flexibility index (Phi) is 3.98. The van der Waals surface area contributed by atoms with Crippen LogP contribution in [0.4, 0.5) is 0 Å². The second kappa shape index (κ2) is 3.67. The van der Waals surface area contributed by atoms with E-state index in [4.69, 9.17) is 4.72 Å². The highest BCUT2D eigenvalue weighted by Gasteiger charge is 2.02. The lowest BCUT2D eigenvalue weighted by Crippen LogP contribution is -2.21. The summed E-state index contributed by atoms with van der Waals surface area (Å²) in [6.07, 6.45) is 0. The Bertz CT molecular complexity index is 26.7. The lowest BCUT2D eigenvalue weighted by atomic mass is 10.9. The molecule has 0 aliphatic rings. The lowest BCUT2D eigenvalue weighted by Gasteiger charge is -1.89. The third-order valence-electron chi connectivity index (χ3n) is 1.05. The zero-order chi connectivity index (χ0) is 4.99. The molecular formula is C4H12AlN. The second-order valence-corrected chi connectivity index (χ2v) is 4.73. The van der Waals surface area contributed by atoms with Gasteiger partial charge in [0, 0.05) is 0 Å². The monoisotopic (exact) mass is 101 g/mol. The van der Waals surface area contributed by atoms with E-state index in [9.17, 15) is 0 Å². The molecule has 0 saturated carbocycles. The summed E-state index contributed by atoms with van der Waals surface area (Å²) in [5.74, 6) is 0. The molecule has 0 aliphatic carbocycles. The van der Waals surface area contributed by atoms with E-state index in [1.807, 2.05) is 0 Å². The third-order valence-corrected chi connectivity index (χ3v) is 3.15. The first-order chi connectivity index (χ1) is 2.81. The van der Waals surface area contributed by atoms with Crippen molar-refractivity contribution in [2.75, 3.05) is 0 Å². The van der Waals surface area contributed by atoms with Crippen molar-refractivity contribution >= 4 is 14.4 Å². The summed E-state index contributed by atoms with van der Waals surface area (Å²) in [4.78, 5) is 0. The fraction of sp³-hybridized carbons (Fsp3) is 1.00. The maximum atomic E-state index is 5.61. The Balaban J connectivity index is 2.75. The number of nitrogens with two attached hydrogens (primary N) is 1. The first-order valence-electron chi connectivity index (χ1n) is 2.56. The third kappa shape index (κ3) is 2.72. The van der Waals surface area contributed by atoms with Crippen LogP contribution in [0.15, 0.2) is 0 Å². The van der Waals surface area contributed by atoms with E-state index < -0.39 is 14.4 Å². The summed E-state index contributed by atoms with van der Waals surface area (Å²) in [6, 6.07) is 0. The maximum Gasteiger partial charge on any atom is 0.366 e. The second-order valence-electron chi connectivity index (χ2n) is 1.58. The van der Waals surface area contributed by atoms with Gasteiger partial charge in [-0.3, -0.25) is 0 Å². The lowest BCUT2D eigenvalue weighted by molar-refractivity contribution is 1.29. The highest BCUT2D eigenvalue weighted by Crippen LogP contribution is 1.86. The Morgan fingerprint density at radius 2 is 1.67 bits per heavy atom. The molecule has 0 heterocycles. The number of rotatable bonds is 2. The molecule has 0 amide bonds. The van der Waals surface area contributed by atoms with Crippen molar-refractivity contribution in [1.82, 2.24) is 0 Å². The summed E-state index contributed by atoms with van der Waals surface area (Å²) in [5.41, 5.74) is 0. The molecule has 6 heavy (non-hydrogen) atoms. The molecule has 0 aromatic rings. The van der Waals surface area contributed by atoms with Crippen molar-refractivity contribution < 1.29 is 0 Å². The van der Waals surface area contributed by atoms with E-state index in [-0.39, 0.29) is 0 Å². The quantitative estimate of drug-likeness (QED) is 0.515. The molecule has 2 N–H and O–H groups in total. The van der Waals surface area contributed by atoms with Crippen LogP contribution in [0.2, 0.25) is 10.6 Å². The average Bonchev–Trinajstić information content (AvgIpc) is 1.65. The highest BCUT2D eigenvalue weighted by atomic mass is 27.2. The Labute approximate surface area is 44.1 Å². The smallest absolute Gasteiger partial charge is 0.366 e. The normalized spacial score (nSPS) is 8.50. The molecule has 0 aromatic carbocycles. The average molecular weight is 101 g/mol. The number of hydrogen-bond acceptors (Lipinski definition) is 1. The molecule has 0 unspecified atom stereocenters. The van der Waals surface area contributed by atoms with Gasteiger partial charge in [-0.25, -0.2) is 0 Å². The molecule has 36 valence electrons. The van der Waals surface area contributed by atoms with Crippen molar-refractivity contribution in [1.29, 1.82) is 0 Å². The summed E-state index contributed by atoms with van der Waals surface area (Å²) in [5, 5.41) is 2.49. The maximum absolute atomic E-state index is 5.61. The van der Waals surface area contributed by atoms with E-state index in [0.717, 1.165) is 0 Å². The summed E-state index contributed by atoms with van der Waals surface area (Å²) in [6.45, 7) is 4.33. The van der Waals surface area contributed by atoms with Crippen LogP contribution in [0.25, 0.3) is 0 Å². The largest absolute Gasteiger partial charge is 0.413 e. The molecule has 0 rings (SSSR count). The molecule has 0 bridgehead atoms. The van der Waals surface area contributed by atoms with E-state index in [0.29, 0.717) is 0 Å². The van der Waals surface area contributed by atoms with Crippen molar-refractivity contribution in [3.8, 4) is 0 Å². The standard InChI is InChI=1S/2C2H5.Al.H2N/c2*1-2;;/h2*1H2,2H3;;1H2/q;;+1;-1. The Morgan fingerprint density at radius 3 is 1.67 bits per heavy atom. The molecule has 0 radical (unpaired) electrons. The Hall–Kier alpha value is 0.492. The fourth-order valence-corrected chi connectivity index (χ4v) is 0.866. The predicted octanol–water partition coefficient (Wildman–Crippen LogP) is 0.976. The minimum absolute atomic E-state index is 0.660. The zero-order valence-corrected chi connectivity index (χ0v) is 5.72. The van der Waals surface area contributed by atoms with Gasteiger partial charge in [0.2, 0.25) is 0 Å². The summed E-state index contributed by atoms with van der Waals surface area (Å²) >= 11 is -0.660. The van der Waals surface area contributed by atoms with E-state index >= 15 is 0 Å². The minimum atomic E-state index is -0.660. The van der Waals surface area contributed by atoms with Gasteiger partial charge in [-0.15, -0.1) is 0 Å². The van der Waals surface area contributed by atoms with E-state index in [1.165, 1.54) is 10.6 Å². The molecule has 0 fully saturated rings. The van der Waals surface area contributed by atoms with Gasteiger partial charge in [0.25, 0.3) is 0 Å². The van der Waals surface area contributed by atoms with Crippen LogP contribution >= 0.6 is 0 Å². The van der Waals surface area contributed by atoms with Crippen molar-refractivity contribution in [2.24, 2.45) is 4.72 Å². The number of hydrogen-bond donors (Lipinski definition) is 1. The van der Waals surface area contributed by atoms with Crippen LogP contribution in [0.1, 0.15) is 13.8 Å². The summed E-state index contributed by atoms with van der Waals surface area (Å²) in [7, 11) is 0. The molecule has 0 saturated heterocycles. The molecule has 0 spiro atoms. The molecule has 0 aromatic heterocycles. The van der Waals surface area contributed by atoms with Crippen molar-refractivity contribution in [2.45, 2.75) is 24.4 Å². The van der Waals surface area contributed by atoms with Crippen LogP contribution in [-0.2, 0) is 0 Å². The minimum Gasteiger partial charge on any atom is -0.413 e. The fourth-order valence-electron chi connectivity index (χ4n) is 0.289. The highest BCUT2D eigenvalue weighted by molar-refractivity contribution is 6.54. The van der Waals surface area contributed by atoms with Gasteiger partial charge in [-0.1, -0.05) is 24.4 Å². The molecule has 0 atom stereocenters.